The SMILES string of the molecule is O=C(Nc1cccc(S(=O)(=O)N2CCCCCC2)c1)[C@@H]1CCCN(c2cnccn2)C1. The first-order valence-electron chi connectivity index (χ1n) is 11.0. The molecule has 1 aromatic carbocycles. The first-order valence-corrected chi connectivity index (χ1v) is 12.4. The highest BCUT2D eigenvalue weighted by Crippen LogP contribution is 2.25. The Balaban J connectivity index is 1.44. The van der Waals surface area contributed by atoms with E-state index in [0.29, 0.717) is 25.3 Å². The largest absolute Gasteiger partial charge is 0.355 e. The molecule has 0 radical (unpaired) electrons. The van der Waals surface area contributed by atoms with Gasteiger partial charge in [-0.3, -0.25) is 9.78 Å². The molecule has 1 aromatic heterocycles. The van der Waals surface area contributed by atoms with Crippen molar-refractivity contribution in [3.8, 4) is 0 Å². The number of piperidine rings is 1. The van der Waals surface area contributed by atoms with Crippen molar-refractivity contribution in [2.24, 2.45) is 5.92 Å². The molecule has 3 heterocycles. The van der Waals surface area contributed by atoms with Gasteiger partial charge in [0.05, 0.1) is 17.0 Å². The van der Waals surface area contributed by atoms with Gasteiger partial charge in [0, 0.05) is 44.3 Å². The number of hydrogen-bond acceptors (Lipinski definition) is 6. The van der Waals surface area contributed by atoms with Crippen molar-refractivity contribution in [3.05, 3.63) is 42.9 Å². The lowest BCUT2D eigenvalue weighted by atomic mass is 9.97. The molecule has 2 fully saturated rings. The Hall–Kier alpha value is -2.52. The van der Waals surface area contributed by atoms with Crippen LogP contribution in [0.1, 0.15) is 38.5 Å². The lowest BCUT2D eigenvalue weighted by Crippen LogP contribution is -2.41. The molecule has 4 rings (SSSR count). The topological polar surface area (TPSA) is 95.5 Å². The van der Waals surface area contributed by atoms with Crippen LogP contribution in [0, 0.1) is 5.92 Å². The summed E-state index contributed by atoms with van der Waals surface area (Å²) in [6, 6.07) is 6.60. The summed E-state index contributed by atoms with van der Waals surface area (Å²) in [5, 5.41) is 2.93. The van der Waals surface area contributed by atoms with E-state index in [1.54, 1.807) is 47.2 Å². The monoisotopic (exact) mass is 443 g/mol. The first-order chi connectivity index (χ1) is 15.0. The molecule has 1 N–H and O–H groups in total. The quantitative estimate of drug-likeness (QED) is 0.763. The van der Waals surface area contributed by atoms with Crippen molar-refractivity contribution in [1.29, 1.82) is 0 Å². The van der Waals surface area contributed by atoms with E-state index in [1.165, 1.54) is 0 Å². The molecule has 0 aliphatic carbocycles. The molecule has 0 bridgehead atoms. The Morgan fingerprint density at radius 2 is 1.84 bits per heavy atom. The van der Waals surface area contributed by atoms with Crippen LogP contribution in [-0.4, -0.2) is 54.8 Å². The summed E-state index contributed by atoms with van der Waals surface area (Å²) >= 11 is 0. The van der Waals surface area contributed by atoms with Crippen molar-refractivity contribution in [2.45, 2.75) is 43.4 Å². The molecule has 166 valence electrons. The molecular formula is C22H29N5O3S. The van der Waals surface area contributed by atoms with Crippen LogP contribution in [0.15, 0.2) is 47.8 Å². The summed E-state index contributed by atoms with van der Waals surface area (Å²) < 4.78 is 27.7. The van der Waals surface area contributed by atoms with E-state index in [9.17, 15) is 13.2 Å². The maximum absolute atomic E-state index is 13.1. The van der Waals surface area contributed by atoms with Gasteiger partial charge in [-0.05, 0) is 43.9 Å². The second-order valence-electron chi connectivity index (χ2n) is 8.18. The van der Waals surface area contributed by atoms with Crippen LogP contribution in [0.3, 0.4) is 0 Å². The van der Waals surface area contributed by atoms with E-state index < -0.39 is 10.0 Å². The number of amides is 1. The van der Waals surface area contributed by atoms with Crippen LogP contribution in [0.5, 0.6) is 0 Å². The predicted molar refractivity (Wildman–Crippen MR) is 119 cm³/mol. The zero-order valence-corrected chi connectivity index (χ0v) is 18.4. The molecule has 0 spiro atoms. The average molecular weight is 444 g/mol. The lowest BCUT2D eigenvalue weighted by Gasteiger charge is -2.32. The summed E-state index contributed by atoms with van der Waals surface area (Å²) in [6.45, 7) is 2.51. The minimum atomic E-state index is -3.55. The van der Waals surface area contributed by atoms with Gasteiger partial charge < -0.3 is 10.2 Å². The van der Waals surface area contributed by atoms with Crippen molar-refractivity contribution >= 4 is 27.4 Å². The highest BCUT2D eigenvalue weighted by molar-refractivity contribution is 7.89. The fraction of sp³-hybridized carbons (Fsp3) is 0.500. The molecule has 0 unspecified atom stereocenters. The number of hydrogen-bond donors (Lipinski definition) is 1. The maximum Gasteiger partial charge on any atom is 0.243 e. The number of rotatable bonds is 5. The molecule has 2 saturated heterocycles. The summed E-state index contributed by atoms with van der Waals surface area (Å²) in [7, 11) is -3.55. The molecule has 0 saturated carbocycles. The number of aromatic nitrogens is 2. The Kier molecular flexibility index (Phi) is 6.82. The predicted octanol–water partition coefficient (Wildman–Crippen LogP) is 2.90. The molecule has 1 amide bonds. The third-order valence-electron chi connectivity index (χ3n) is 5.97. The number of sulfonamides is 1. The van der Waals surface area contributed by atoms with Gasteiger partial charge in [0.25, 0.3) is 0 Å². The zero-order chi connectivity index (χ0) is 21.7. The number of carbonyl (C=O) groups excluding carboxylic acids is 1. The van der Waals surface area contributed by atoms with Crippen LogP contribution >= 0.6 is 0 Å². The lowest BCUT2D eigenvalue weighted by molar-refractivity contribution is -0.120. The molecule has 1 atom stereocenters. The fourth-order valence-corrected chi connectivity index (χ4v) is 5.83. The number of nitrogens with zero attached hydrogens (tertiary/aromatic N) is 4. The standard InChI is InChI=1S/C22H29N5O3S/c28-22(18-7-6-12-26(17-18)21-16-23-10-11-24-21)25-19-8-5-9-20(15-19)31(29,30)27-13-3-1-2-4-14-27/h5,8-11,15-16,18H,1-4,6-7,12-14,17H2,(H,25,28)/t18-/m1/s1. The zero-order valence-electron chi connectivity index (χ0n) is 17.6. The van der Waals surface area contributed by atoms with Gasteiger partial charge in [-0.2, -0.15) is 4.31 Å². The van der Waals surface area contributed by atoms with Crippen LogP contribution < -0.4 is 10.2 Å². The summed E-state index contributed by atoms with van der Waals surface area (Å²) in [4.78, 5) is 23.7. The fourth-order valence-electron chi connectivity index (χ4n) is 4.26. The van der Waals surface area contributed by atoms with Crippen molar-refractivity contribution in [3.63, 3.8) is 0 Å². The van der Waals surface area contributed by atoms with E-state index in [2.05, 4.69) is 20.2 Å². The van der Waals surface area contributed by atoms with Gasteiger partial charge in [-0.25, -0.2) is 13.4 Å². The van der Waals surface area contributed by atoms with Gasteiger partial charge in [-0.1, -0.05) is 18.9 Å². The third kappa shape index (κ3) is 5.22. The minimum Gasteiger partial charge on any atom is -0.355 e. The average Bonchev–Trinajstić information content (AvgIpc) is 3.10. The van der Waals surface area contributed by atoms with E-state index in [0.717, 1.165) is 50.9 Å². The molecule has 31 heavy (non-hydrogen) atoms. The Morgan fingerprint density at radius 3 is 2.58 bits per heavy atom. The number of carbonyl (C=O) groups is 1. The van der Waals surface area contributed by atoms with Gasteiger partial charge in [-0.15, -0.1) is 0 Å². The van der Waals surface area contributed by atoms with Gasteiger partial charge >= 0.3 is 0 Å². The molecular weight excluding hydrogens is 414 g/mol. The van der Waals surface area contributed by atoms with Crippen molar-refractivity contribution < 1.29 is 13.2 Å². The van der Waals surface area contributed by atoms with E-state index in [4.69, 9.17) is 0 Å². The van der Waals surface area contributed by atoms with Crippen LogP contribution in [-0.2, 0) is 14.8 Å². The minimum absolute atomic E-state index is 0.0992. The van der Waals surface area contributed by atoms with Crippen LogP contribution in [0.4, 0.5) is 11.5 Å². The Morgan fingerprint density at radius 1 is 1.03 bits per heavy atom. The van der Waals surface area contributed by atoms with Crippen molar-refractivity contribution in [2.75, 3.05) is 36.4 Å². The molecule has 8 nitrogen and oxygen atoms in total. The maximum atomic E-state index is 13.1. The summed E-state index contributed by atoms with van der Waals surface area (Å²) in [6.07, 6.45) is 10.6. The van der Waals surface area contributed by atoms with E-state index in [1.807, 2.05) is 0 Å². The molecule has 2 aliphatic rings. The highest BCUT2D eigenvalue weighted by Gasteiger charge is 2.28. The van der Waals surface area contributed by atoms with Crippen LogP contribution in [0.25, 0.3) is 0 Å². The van der Waals surface area contributed by atoms with Gasteiger partial charge in [0.15, 0.2) is 0 Å². The number of nitrogens with one attached hydrogen (secondary N) is 1. The van der Waals surface area contributed by atoms with E-state index in [-0.39, 0.29) is 16.7 Å². The second-order valence-corrected chi connectivity index (χ2v) is 10.1. The summed E-state index contributed by atoms with van der Waals surface area (Å²) in [5.41, 5.74) is 0.512. The normalized spacial score (nSPS) is 20.8. The molecule has 2 aromatic rings. The van der Waals surface area contributed by atoms with Gasteiger partial charge in [0.1, 0.15) is 5.82 Å². The second kappa shape index (κ2) is 9.74. The van der Waals surface area contributed by atoms with Crippen molar-refractivity contribution in [1.82, 2.24) is 14.3 Å². The number of anilines is 2. The van der Waals surface area contributed by atoms with Gasteiger partial charge in [0.2, 0.25) is 15.9 Å². The molecule has 2 aliphatic heterocycles. The first kappa shape index (κ1) is 21.7. The Bertz CT molecular complexity index is 991. The summed E-state index contributed by atoms with van der Waals surface area (Å²) in [5.74, 6) is 0.477. The Labute approximate surface area is 183 Å². The van der Waals surface area contributed by atoms with E-state index >= 15 is 0 Å². The molecule has 9 heteroatoms. The van der Waals surface area contributed by atoms with Crippen LogP contribution in [0.2, 0.25) is 0 Å². The number of benzene rings is 1. The third-order valence-corrected chi connectivity index (χ3v) is 7.86. The highest BCUT2D eigenvalue weighted by atomic mass is 32.2. The smallest absolute Gasteiger partial charge is 0.243 e.